The van der Waals surface area contributed by atoms with E-state index in [1.54, 1.807) is 0 Å². The maximum Gasteiger partial charge on any atom is 0.195 e. The minimum Gasteiger partial charge on any atom is -0.466 e. The van der Waals surface area contributed by atoms with Crippen LogP contribution in [0.15, 0.2) is 58.1 Å². The highest BCUT2D eigenvalue weighted by Crippen LogP contribution is 2.48. The molecule has 2 heterocycles. The van der Waals surface area contributed by atoms with Gasteiger partial charge in [0.15, 0.2) is 5.72 Å². The fourth-order valence-electron chi connectivity index (χ4n) is 3.38. The molecule has 0 aromatic heterocycles. The third-order valence-electron chi connectivity index (χ3n) is 4.82. The molecule has 23 heavy (non-hydrogen) atoms. The van der Waals surface area contributed by atoms with Crippen LogP contribution in [-0.4, -0.2) is 16.4 Å². The van der Waals surface area contributed by atoms with E-state index in [1.807, 2.05) is 12.1 Å². The Bertz CT molecular complexity index is 774. The molecule has 2 atom stereocenters. The van der Waals surface area contributed by atoms with E-state index in [-0.39, 0.29) is 6.04 Å². The van der Waals surface area contributed by atoms with Gasteiger partial charge in [-0.05, 0) is 30.7 Å². The van der Waals surface area contributed by atoms with Gasteiger partial charge in [0.05, 0.1) is 11.8 Å². The van der Waals surface area contributed by atoms with Gasteiger partial charge in [-0.3, -0.25) is 0 Å². The molecule has 2 aliphatic rings. The molecular weight excluding hydrogens is 352 g/mol. The number of rotatable bonds is 2. The highest BCUT2D eigenvalue weighted by Gasteiger charge is 2.46. The lowest BCUT2D eigenvalue weighted by molar-refractivity contribution is -0.108. The zero-order chi connectivity index (χ0) is 16.0. The van der Waals surface area contributed by atoms with E-state index in [9.17, 15) is 0 Å². The van der Waals surface area contributed by atoms with Gasteiger partial charge in [0.1, 0.15) is 5.75 Å². The maximum absolute atomic E-state index is 6.32. The molecule has 0 bridgehead atoms. The molecule has 0 saturated carbocycles. The molecule has 2 aliphatic heterocycles. The van der Waals surface area contributed by atoms with Crippen LogP contribution in [0.25, 0.3) is 0 Å². The SMILES string of the molecule is CCC1(C)Oc2ccc(Br)cc2C2CC(c3ccccc3)=NN21. The predicted octanol–water partition coefficient (Wildman–Crippen LogP) is 5.12. The largest absolute Gasteiger partial charge is 0.466 e. The van der Waals surface area contributed by atoms with Crippen molar-refractivity contribution < 1.29 is 4.74 Å². The minimum absolute atomic E-state index is 0.233. The van der Waals surface area contributed by atoms with E-state index < -0.39 is 5.72 Å². The Balaban J connectivity index is 1.80. The summed E-state index contributed by atoms with van der Waals surface area (Å²) >= 11 is 3.58. The lowest BCUT2D eigenvalue weighted by Crippen LogP contribution is -2.50. The number of fused-ring (bicyclic) bond motifs is 3. The number of hydrogen-bond acceptors (Lipinski definition) is 3. The average molecular weight is 371 g/mol. The predicted molar refractivity (Wildman–Crippen MR) is 95.6 cm³/mol. The topological polar surface area (TPSA) is 24.8 Å². The van der Waals surface area contributed by atoms with Crippen molar-refractivity contribution in [1.82, 2.24) is 5.01 Å². The van der Waals surface area contributed by atoms with Crippen LogP contribution >= 0.6 is 15.9 Å². The van der Waals surface area contributed by atoms with Crippen LogP contribution < -0.4 is 4.74 Å². The average Bonchev–Trinajstić information content (AvgIpc) is 3.03. The Morgan fingerprint density at radius 3 is 2.78 bits per heavy atom. The van der Waals surface area contributed by atoms with Crippen LogP contribution in [0.5, 0.6) is 5.75 Å². The second kappa shape index (κ2) is 5.38. The number of benzene rings is 2. The van der Waals surface area contributed by atoms with Gasteiger partial charge in [-0.2, -0.15) is 5.10 Å². The van der Waals surface area contributed by atoms with Crippen molar-refractivity contribution in [2.45, 2.75) is 38.5 Å². The molecule has 4 rings (SSSR count). The fraction of sp³-hybridized carbons (Fsp3) is 0.316. The summed E-state index contributed by atoms with van der Waals surface area (Å²) in [5.74, 6) is 0.975. The van der Waals surface area contributed by atoms with Crippen molar-refractivity contribution >= 4 is 21.6 Å². The molecule has 0 spiro atoms. The highest BCUT2D eigenvalue weighted by molar-refractivity contribution is 9.10. The Labute approximate surface area is 145 Å². The first-order valence-electron chi connectivity index (χ1n) is 8.01. The molecule has 0 fully saturated rings. The first-order valence-corrected chi connectivity index (χ1v) is 8.81. The molecule has 0 amide bonds. The monoisotopic (exact) mass is 370 g/mol. The van der Waals surface area contributed by atoms with Crippen LogP contribution in [0.1, 0.15) is 43.9 Å². The first-order chi connectivity index (χ1) is 11.1. The zero-order valence-electron chi connectivity index (χ0n) is 13.3. The van der Waals surface area contributed by atoms with E-state index in [1.165, 1.54) is 11.1 Å². The summed E-state index contributed by atoms with van der Waals surface area (Å²) in [5.41, 5.74) is 3.13. The van der Waals surface area contributed by atoms with Gasteiger partial charge < -0.3 is 4.74 Å². The molecule has 0 radical (unpaired) electrons. The second-order valence-corrected chi connectivity index (χ2v) is 7.21. The van der Waals surface area contributed by atoms with Gasteiger partial charge in [0.2, 0.25) is 0 Å². The molecule has 2 unspecified atom stereocenters. The minimum atomic E-state index is -0.401. The van der Waals surface area contributed by atoms with Crippen LogP contribution in [0.4, 0.5) is 0 Å². The molecule has 0 saturated heterocycles. The molecule has 2 aromatic carbocycles. The number of ether oxygens (including phenoxy) is 1. The van der Waals surface area contributed by atoms with Crippen molar-refractivity contribution in [3.63, 3.8) is 0 Å². The highest BCUT2D eigenvalue weighted by atomic mass is 79.9. The van der Waals surface area contributed by atoms with Crippen molar-refractivity contribution in [3.05, 3.63) is 64.1 Å². The number of hydrazone groups is 1. The smallest absolute Gasteiger partial charge is 0.195 e. The molecule has 0 aliphatic carbocycles. The zero-order valence-corrected chi connectivity index (χ0v) is 14.9. The summed E-state index contributed by atoms with van der Waals surface area (Å²) in [5, 5.41) is 7.10. The van der Waals surface area contributed by atoms with Crippen LogP contribution in [-0.2, 0) is 0 Å². The summed E-state index contributed by atoms with van der Waals surface area (Å²) in [6.07, 6.45) is 1.79. The van der Waals surface area contributed by atoms with E-state index in [0.717, 1.165) is 28.8 Å². The van der Waals surface area contributed by atoms with Gasteiger partial charge in [0.25, 0.3) is 0 Å². The molecule has 118 valence electrons. The van der Waals surface area contributed by atoms with E-state index in [0.29, 0.717) is 0 Å². The van der Waals surface area contributed by atoms with Gasteiger partial charge >= 0.3 is 0 Å². The standard InChI is InChI=1S/C19H19BrN2O/c1-3-19(2)22-17(15-11-14(20)9-10-18(15)23-19)12-16(21-22)13-7-5-4-6-8-13/h4-11,17H,3,12H2,1-2H3. The van der Waals surface area contributed by atoms with Crippen molar-refractivity contribution in [3.8, 4) is 5.75 Å². The summed E-state index contributed by atoms with van der Waals surface area (Å²) in [6.45, 7) is 4.28. The molecule has 4 heteroatoms. The van der Waals surface area contributed by atoms with E-state index in [2.05, 4.69) is 71.2 Å². The summed E-state index contributed by atoms with van der Waals surface area (Å²) < 4.78 is 7.40. The molecule has 2 aromatic rings. The molecule has 3 nitrogen and oxygen atoms in total. The Morgan fingerprint density at radius 1 is 1.26 bits per heavy atom. The first kappa shape index (κ1) is 14.8. The summed E-state index contributed by atoms with van der Waals surface area (Å²) in [6, 6.07) is 16.9. The van der Waals surface area contributed by atoms with Gasteiger partial charge in [-0.1, -0.05) is 53.2 Å². The van der Waals surface area contributed by atoms with Crippen molar-refractivity contribution in [2.75, 3.05) is 0 Å². The third kappa shape index (κ3) is 2.36. The van der Waals surface area contributed by atoms with E-state index >= 15 is 0 Å². The van der Waals surface area contributed by atoms with Crippen LogP contribution in [0, 0.1) is 0 Å². The Kier molecular flexibility index (Phi) is 3.45. The maximum atomic E-state index is 6.32. The van der Waals surface area contributed by atoms with Crippen molar-refractivity contribution in [1.29, 1.82) is 0 Å². The summed E-state index contributed by atoms with van der Waals surface area (Å²) in [4.78, 5) is 0. The summed E-state index contributed by atoms with van der Waals surface area (Å²) in [7, 11) is 0. The van der Waals surface area contributed by atoms with Gasteiger partial charge in [-0.15, -0.1) is 0 Å². The normalized spacial score (nSPS) is 25.4. The molecule has 0 N–H and O–H groups in total. The third-order valence-corrected chi connectivity index (χ3v) is 5.31. The lowest BCUT2D eigenvalue weighted by Gasteiger charge is -2.45. The number of hydrogen-bond donors (Lipinski definition) is 0. The fourth-order valence-corrected chi connectivity index (χ4v) is 3.76. The quantitative estimate of drug-likeness (QED) is 0.732. The van der Waals surface area contributed by atoms with Crippen LogP contribution in [0.3, 0.4) is 0 Å². The van der Waals surface area contributed by atoms with Gasteiger partial charge in [0, 0.05) is 22.9 Å². The Hall–Kier alpha value is -1.81. The van der Waals surface area contributed by atoms with E-state index in [4.69, 9.17) is 9.84 Å². The Morgan fingerprint density at radius 2 is 2.04 bits per heavy atom. The van der Waals surface area contributed by atoms with Crippen molar-refractivity contribution in [2.24, 2.45) is 5.10 Å². The molecular formula is C19H19BrN2O. The lowest BCUT2D eigenvalue weighted by atomic mass is 9.94. The van der Waals surface area contributed by atoms with Gasteiger partial charge in [-0.25, -0.2) is 5.01 Å². The number of nitrogens with zero attached hydrogens (tertiary/aromatic N) is 2. The second-order valence-electron chi connectivity index (χ2n) is 6.29. The van der Waals surface area contributed by atoms with Crippen LogP contribution in [0.2, 0.25) is 0 Å². The number of halogens is 1.